The van der Waals surface area contributed by atoms with Gasteiger partial charge in [-0.25, -0.2) is 4.79 Å². The number of hydrogen-bond donors (Lipinski definition) is 2. The fourth-order valence-corrected chi connectivity index (χ4v) is 7.60. The summed E-state index contributed by atoms with van der Waals surface area (Å²) in [4.78, 5) is 46.8. The SMILES string of the molecule is C1CCCCCCCCCCCCCCCCC1.C1CCCCCCCCCCCCCCCCC1.CN.CNC(=O)CBr.O=C(CBr)ON1C(=O)CCC1=O. The van der Waals surface area contributed by atoms with E-state index in [2.05, 4.69) is 47.7 Å². The summed E-state index contributed by atoms with van der Waals surface area (Å²) in [5, 5.41) is 3.30. The Morgan fingerprint density at radius 2 is 0.625 bits per heavy atom. The Bertz CT molecular complexity index is 672. The van der Waals surface area contributed by atoms with E-state index in [-0.39, 0.29) is 24.1 Å². The van der Waals surface area contributed by atoms with E-state index in [1.807, 2.05) is 0 Å². The highest BCUT2D eigenvalue weighted by atomic mass is 79.9. The van der Waals surface area contributed by atoms with Crippen LogP contribution in [0.2, 0.25) is 0 Å². The second-order valence-corrected chi connectivity index (χ2v) is 16.8. The van der Waals surface area contributed by atoms with Crippen LogP contribution < -0.4 is 11.1 Å². The summed E-state index contributed by atoms with van der Waals surface area (Å²) in [7, 11) is 3.10. The average Bonchev–Trinajstić information content (AvgIpc) is 3.54. The van der Waals surface area contributed by atoms with E-state index in [0.29, 0.717) is 10.4 Å². The Balaban J connectivity index is 0. The first-order valence-electron chi connectivity index (χ1n) is 23.4. The van der Waals surface area contributed by atoms with Crippen molar-refractivity contribution in [3.05, 3.63) is 0 Å². The summed E-state index contributed by atoms with van der Waals surface area (Å²) in [6, 6.07) is 0. The van der Waals surface area contributed by atoms with Gasteiger partial charge in [0.05, 0.1) is 5.33 Å². The Hall–Kier alpha value is -1.00. The molecule has 332 valence electrons. The summed E-state index contributed by atoms with van der Waals surface area (Å²) < 4.78 is 0. The zero-order valence-corrected chi connectivity index (χ0v) is 39.8. The van der Waals surface area contributed by atoms with Crippen molar-refractivity contribution >= 4 is 55.6 Å². The van der Waals surface area contributed by atoms with E-state index in [9.17, 15) is 19.2 Å². The van der Waals surface area contributed by atoms with Gasteiger partial charge >= 0.3 is 5.97 Å². The third-order valence-corrected chi connectivity index (χ3v) is 11.7. The molecule has 3 fully saturated rings. The molecule has 0 unspecified atom stereocenters. The molecule has 0 spiro atoms. The van der Waals surface area contributed by atoms with Crippen molar-refractivity contribution < 1.29 is 24.0 Å². The second kappa shape index (κ2) is 48.4. The molecule has 56 heavy (non-hydrogen) atoms. The van der Waals surface area contributed by atoms with Crippen LogP contribution in [-0.2, 0) is 24.0 Å². The van der Waals surface area contributed by atoms with Gasteiger partial charge in [0.25, 0.3) is 11.8 Å². The monoisotopic (exact) mass is 922 g/mol. The molecule has 2 saturated carbocycles. The summed E-state index contributed by atoms with van der Waals surface area (Å²) >= 11 is 5.80. The van der Waals surface area contributed by atoms with E-state index in [4.69, 9.17) is 0 Å². The minimum Gasteiger partial charge on any atom is -0.358 e. The molecule has 3 amide bonds. The van der Waals surface area contributed by atoms with Gasteiger partial charge in [0, 0.05) is 19.9 Å². The predicted molar refractivity (Wildman–Crippen MR) is 245 cm³/mol. The molecule has 3 aliphatic rings. The van der Waals surface area contributed by atoms with Crippen LogP contribution in [0.15, 0.2) is 0 Å². The van der Waals surface area contributed by atoms with Gasteiger partial charge in [0.15, 0.2) is 0 Å². The van der Waals surface area contributed by atoms with Crippen LogP contribution in [0, 0.1) is 0 Å². The molecule has 1 saturated heterocycles. The number of alkyl halides is 2. The van der Waals surface area contributed by atoms with Crippen LogP contribution in [-0.4, -0.2) is 53.5 Å². The Kier molecular flexibility index (Phi) is 49.3. The molecule has 0 atom stereocenters. The number of carbonyl (C=O) groups is 4. The molecule has 0 aromatic heterocycles. The lowest BCUT2D eigenvalue weighted by Crippen LogP contribution is -2.32. The molecule has 0 aromatic rings. The second-order valence-electron chi connectivity index (χ2n) is 15.7. The Labute approximate surface area is 362 Å². The fourth-order valence-electron chi connectivity index (χ4n) is 7.21. The van der Waals surface area contributed by atoms with Crippen LogP contribution >= 0.6 is 31.9 Å². The van der Waals surface area contributed by atoms with Crippen molar-refractivity contribution in [3.63, 3.8) is 0 Å². The highest BCUT2D eigenvalue weighted by Gasteiger charge is 2.32. The van der Waals surface area contributed by atoms with E-state index in [0.717, 1.165) is 0 Å². The quantitative estimate of drug-likeness (QED) is 0.215. The van der Waals surface area contributed by atoms with Gasteiger partial charge in [0.1, 0.15) is 5.33 Å². The van der Waals surface area contributed by atoms with Gasteiger partial charge in [-0.1, -0.05) is 263 Å². The fraction of sp³-hybridized carbons (Fsp3) is 0.913. The van der Waals surface area contributed by atoms with Crippen LogP contribution in [0.3, 0.4) is 0 Å². The van der Waals surface area contributed by atoms with Crippen molar-refractivity contribution in [1.82, 2.24) is 10.4 Å². The summed E-state index contributed by atoms with van der Waals surface area (Å²) in [6.45, 7) is 0. The first-order chi connectivity index (χ1) is 27.5. The van der Waals surface area contributed by atoms with E-state index < -0.39 is 17.8 Å². The molecule has 10 heteroatoms. The van der Waals surface area contributed by atoms with Gasteiger partial charge in [-0.05, 0) is 7.05 Å². The zero-order chi connectivity index (χ0) is 41.6. The lowest BCUT2D eigenvalue weighted by molar-refractivity contribution is -0.195. The number of nitrogens with zero attached hydrogens (tertiary/aromatic N) is 1. The topological polar surface area (TPSA) is 119 Å². The third kappa shape index (κ3) is 42.6. The van der Waals surface area contributed by atoms with Crippen LogP contribution in [0.4, 0.5) is 0 Å². The number of hydroxylamine groups is 2. The normalized spacial score (nSPS) is 20.0. The van der Waals surface area contributed by atoms with Crippen molar-refractivity contribution in [2.24, 2.45) is 5.73 Å². The Morgan fingerprint density at radius 3 is 0.732 bits per heavy atom. The van der Waals surface area contributed by atoms with Gasteiger partial charge in [-0.15, -0.1) is 5.06 Å². The molecule has 8 nitrogen and oxygen atoms in total. The summed E-state index contributed by atoms with van der Waals surface area (Å²) in [5.41, 5.74) is 4.50. The summed E-state index contributed by atoms with van der Waals surface area (Å²) in [6.07, 6.45) is 54.2. The van der Waals surface area contributed by atoms with Crippen LogP contribution in [0.5, 0.6) is 0 Å². The maximum Gasteiger partial charge on any atom is 0.343 e. The minimum absolute atomic E-state index is 0.00926. The number of nitrogens with two attached hydrogens (primary N) is 1. The average molecular weight is 924 g/mol. The standard InChI is InChI=1S/2C18H36.C6H6BrNO4.C3H6BrNO.CH5N/c2*1-2-4-6-8-10-12-14-16-18-17-15-13-11-9-7-5-3-1;7-3-6(11)12-8-4(9)1-2-5(8)10;1-5-3(6)2-4;1-2/h2*1-18H2;1-3H2;2H2,1H3,(H,5,6);2H2,1H3. The van der Waals surface area contributed by atoms with Crippen molar-refractivity contribution in [3.8, 4) is 0 Å². The maximum absolute atomic E-state index is 10.8. The summed E-state index contributed by atoms with van der Waals surface area (Å²) in [5.74, 6) is -1.57. The highest BCUT2D eigenvalue weighted by Crippen LogP contribution is 2.18. The number of nitrogens with one attached hydrogen (secondary N) is 1. The van der Waals surface area contributed by atoms with Crippen molar-refractivity contribution in [1.29, 1.82) is 0 Å². The third-order valence-electron chi connectivity index (χ3n) is 10.7. The number of imide groups is 1. The van der Waals surface area contributed by atoms with E-state index in [1.165, 1.54) is 238 Å². The predicted octanol–water partition coefficient (Wildman–Crippen LogP) is 13.7. The Morgan fingerprint density at radius 1 is 0.446 bits per heavy atom. The highest BCUT2D eigenvalue weighted by molar-refractivity contribution is 9.09. The molecule has 1 aliphatic heterocycles. The lowest BCUT2D eigenvalue weighted by atomic mass is 10.0. The molecular formula is C46H89Br2N3O5. The van der Waals surface area contributed by atoms with Gasteiger partial charge in [-0.3, -0.25) is 14.4 Å². The largest absolute Gasteiger partial charge is 0.358 e. The molecule has 1 heterocycles. The zero-order valence-electron chi connectivity index (χ0n) is 36.6. The number of carbonyl (C=O) groups excluding carboxylic acids is 4. The maximum atomic E-state index is 10.8. The molecule has 3 N–H and O–H groups in total. The first-order valence-corrected chi connectivity index (χ1v) is 25.7. The van der Waals surface area contributed by atoms with Gasteiger partial charge in [-0.2, -0.15) is 0 Å². The smallest absolute Gasteiger partial charge is 0.343 e. The van der Waals surface area contributed by atoms with Crippen molar-refractivity contribution in [2.75, 3.05) is 24.8 Å². The molecule has 3 rings (SSSR count). The molecule has 0 aromatic carbocycles. The lowest BCUT2D eigenvalue weighted by Gasteiger charge is -2.10. The van der Waals surface area contributed by atoms with Crippen LogP contribution in [0.1, 0.15) is 244 Å². The van der Waals surface area contributed by atoms with Gasteiger partial charge < -0.3 is 15.9 Å². The van der Waals surface area contributed by atoms with E-state index >= 15 is 0 Å². The number of amides is 3. The minimum atomic E-state index is -0.654. The number of hydrogen-bond acceptors (Lipinski definition) is 6. The van der Waals surface area contributed by atoms with Gasteiger partial charge in [0.2, 0.25) is 5.91 Å². The molecular weight excluding hydrogens is 834 g/mol. The number of halogens is 2. The number of rotatable bonds is 3. The molecule has 0 radical (unpaired) electrons. The van der Waals surface area contributed by atoms with Crippen LogP contribution in [0.25, 0.3) is 0 Å². The first kappa shape index (κ1) is 57.1. The molecule has 0 bridgehead atoms. The molecule has 2 aliphatic carbocycles. The van der Waals surface area contributed by atoms with Crippen molar-refractivity contribution in [2.45, 2.75) is 244 Å². The van der Waals surface area contributed by atoms with E-state index in [1.54, 1.807) is 7.05 Å².